The van der Waals surface area contributed by atoms with E-state index >= 15 is 0 Å². The van der Waals surface area contributed by atoms with Crippen LogP contribution in [0.1, 0.15) is 32.3 Å². The molecular weight excluding hydrogens is 210 g/mol. The van der Waals surface area contributed by atoms with Crippen molar-refractivity contribution in [1.82, 2.24) is 5.32 Å². The van der Waals surface area contributed by atoms with E-state index in [1.165, 1.54) is 5.56 Å². The van der Waals surface area contributed by atoms with Crippen LogP contribution in [-0.4, -0.2) is 12.6 Å². The van der Waals surface area contributed by atoms with Crippen molar-refractivity contribution in [1.29, 1.82) is 0 Å². The summed E-state index contributed by atoms with van der Waals surface area (Å²) in [5.74, 6) is 3.66. The molecule has 0 spiro atoms. The van der Waals surface area contributed by atoms with Crippen LogP contribution in [0.2, 0.25) is 0 Å². The van der Waals surface area contributed by atoms with Crippen LogP contribution >= 0.6 is 0 Å². The van der Waals surface area contributed by atoms with Gasteiger partial charge in [-0.25, -0.2) is 0 Å². The van der Waals surface area contributed by atoms with Gasteiger partial charge in [-0.15, -0.1) is 6.42 Å². The van der Waals surface area contributed by atoms with Crippen molar-refractivity contribution < 1.29 is 4.74 Å². The molecule has 0 radical (unpaired) electrons. The summed E-state index contributed by atoms with van der Waals surface area (Å²) in [7, 11) is 0. The molecule has 1 aromatic carbocycles. The van der Waals surface area contributed by atoms with Gasteiger partial charge in [0.25, 0.3) is 0 Å². The van der Waals surface area contributed by atoms with E-state index in [0.29, 0.717) is 0 Å². The second-order valence-electron chi connectivity index (χ2n) is 4.00. The Labute approximate surface area is 104 Å². The SMILES string of the molecule is C#CC(CC)NCc1cccc(OCCC)c1. The summed E-state index contributed by atoms with van der Waals surface area (Å²) in [6.07, 6.45) is 7.38. The molecule has 17 heavy (non-hydrogen) atoms. The van der Waals surface area contributed by atoms with Gasteiger partial charge < -0.3 is 4.74 Å². The van der Waals surface area contributed by atoms with Crippen molar-refractivity contribution >= 4 is 0 Å². The highest BCUT2D eigenvalue weighted by Gasteiger charge is 2.01. The van der Waals surface area contributed by atoms with Crippen molar-refractivity contribution in [2.24, 2.45) is 0 Å². The summed E-state index contributed by atoms with van der Waals surface area (Å²) >= 11 is 0. The van der Waals surface area contributed by atoms with E-state index in [-0.39, 0.29) is 6.04 Å². The van der Waals surface area contributed by atoms with Crippen LogP contribution in [-0.2, 0) is 6.54 Å². The molecule has 0 heterocycles. The average Bonchev–Trinajstić information content (AvgIpc) is 2.38. The summed E-state index contributed by atoms with van der Waals surface area (Å²) in [4.78, 5) is 0. The van der Waals surface area contributed by atoms with Crippen LogP contribution in [0.15, 0.2) is 24.3 Å². The van der Waals surface area contributed by atoms with Gasteiger partial charge in [0, 0.05) is 6.54 Å². The van der Waals surface area contributed by atoms with Crippen LogP contribution in [0, 0.1) is 12.3 Å². The molecule has 0 saturated carbocycles. The second kappa shape index (κ2) is 7.76. The summed E-state index contributed by atoms with van der Waals surface area (Å²) in [5, 5.41) is 3.33. The van der Waals surface area contributed by atoms with Gasteiger partial charge in [0.05, 0.1) is 12.6 Å². The molecule has 0 aliphatic heterocycles. The molecule has 1 N–H and O–H groups in total. The van der Waals surface area contributed by atoms with Gasteiger partial charge in [0.2, 0.25) is 0 Å². The average molecular weight is 231 g/mol. The van der Waals surface area contributed by atoms with Crippen LogP contribution < -0.4 is 10.1 Å². The summed E-state index contributed by atoms with van der Waals surface area (Å²) in [6.45, 7) is 5.73. The number of nitrogens with one attached hydrogen (secondary N) is 1. The third-order valence-electron chi connectivity index (χ3n) is 2.53. The molecule has 92 valence electrons. The molecular formula is C15H21NO. The largest absolute Gasteiger partial charge is 0.494 e. The van der Waals surface area contributed by atoms with E-state index in [4.69, 9.17) is 11.2 Å². The Bertz CT molecular complexity index is 367. The van der Waals surface area contributed by atoms with Gasteiger partial charge in [0.1, 0.15) is 5.75 Å². The monoisotopic (exact) mass is 231 g/mol. The number of terminal acetylenes is 1. The molecule has 1 unspecified atom stereocenters. The first-order valence-corrected chi connectivity index (χ1v) is 6.21. The van der Waals surface area contributed by atoms with Crippen molar-refractivity contribution in [3.8, 4) is 18.1 Å². The zero-order valence-electron chi connectivity index (χ0n) is 10.7. The van der Waals surface area contributed by atoms with Gasteiger partial charge in [-0.3, -0.25) is 5.32 Å². The Kier molecular flexibility index (Phi) is 6.21. The van der Waals surface area contributed by atoms with Gasteiger partial charge >= 0.3 is 0 Å². The summed E-state index contributed by atoms with van der Waals surface area (Å²) < 4.78 is 5.59. The fourth-order valence-corrected chi connectivity index (χ4v) is 1.53. The molecule has 0 aliphatic carbocycles. The maximum absolute atomic E-state index is 5.59. The van der Waals surface area contributed by atoms with Gasteiger partial charge in [0.15, 0.2) is 0 Å². The molecule has 1 rings (SSSR count). The van der Waals surface area contributed by atoms with Crippen molar-refractivity contribution in [3.05, 3.63) is 29.8 Å². The molecule has 0 fully saturated rings. The summed E-state index contributed by atoms with van der Waals surface area (Å²) in [5.41, 5.74) is 1.20. The zero-order valence-corrected chi connectivity index (χ0v) is 10.7. The lowest BCUT2D eigenvalue weighted by Gasteiger charge is -2.11. The van der Waals surface area contributed by atoms with E-state index in [0.717, 1.165) is 31.7 Å². The smallest absolute Gasteiger partial charge is 0.119 e. The minimum atomic E-state index is 0.148. The first-order chi connectivity index (χ1) is 8.30. The quantitative estimate of drug-likeness (QED) is 0.728. The summed E-state index contributed by atoms with van der Waals surface area (Å²) in [6, 6.07) is 8.28. The molecule has 0 aliphatic rings. The van der Waals surface area contributed by atoms with E-state index in [1.54, 1.807) is 0 Å². The molecule has 2 heteroatoms. The standard InChI is InChI=1S/C15H21NO/c1-4-10-17-15-9-7-8-13(11-15)12-16-14(5-2)6-3/h2,7-9,11,14,16H,4,6,10,12H2,1,3H3. The minimum absolute atomic E-state index is 0.148. The van der Waals surface area contributed by atoms with Crippen LogP contribution in [0.25, 0.3) is 0 Å². The first-order valence-electron chi connectivity index (χ1n) is 6.21. The number of benzene rings is 1. The van der Waals surface area contributed by atoms with Crippen molar-refractivity contribution in [2.75, 3.05) is 6.61 Å². The molecule has 0 aromatic heterocycles. The maximum atomic E-state index is 5.59. The Morgan fingerprint density at radius 3 is 2.88 bits per heavy atom. The maximum Gasteiger partial charge on any atom is 0.119 e. The number of ether oxygens (including phenoxy) is 1. The van der Waals surface area contributed by atoms with Crippen molar-refractivity contribution in [3.63, 3.8) is 0 Å². The van der Waals surface area contributed by atoms with Crippen molar-refractivity contribution in [2.45, 2.75) is 39.3 Å². The van der Waals surface area contributed by atoms with Crippen LogP contribution in [0.5, 0.6) is 5.75 Å². The zero-order chi connectivity index (χ0) is 12.5. The van der Waals surface area contributed by atoms with E-state index in [1.807, 2.05) is 12.1 Å². The predicted molar refractivity (Wildman–Crippen MR) is 72.0 cm³/mol. The number of hydrogen-bond donors (Lipinski definition) is 1. The third kappa shape index (κ3) is 4.93. The molecule has 0 bridgehead atoms. The lowest BCUT2D eigenvalue weighted by Crippen LogP contribution is -2.26. The van der Waals surface area contributed by atoms with E-state index in [2.05, 4.69) is 37.2 Å². The highest BCUT2D eigenvalue weighted by atomic mass is 16.5. The lowest BCUT2D eigenvalue weighted by molar-refractivity contribution is 0.317. The second-order valence-corrected chi connectivity index (χ2v) is 4.00. The third-order valence-corrected chi connectivity index (χ3v) is 2.53. The van der Waals surface area contributed by atoms with Gasteiger partial charge in [-0.05, 0) is 30.5 Å². The first kappa shape index (κ1) is 13.6. The topological polar surface area (TPSA) is 21.3 Å². The van der Waals surface area contributed by atoms with E-state index in [9.17, 15) is 0 Å². The fourth-order valence-electron chi connectivity index (χ4n) is 1.53. The fraction of sp³-hybridized carbons (Fsp3) is 0.467. The predicted octanol–water partition coefficient (Wildman–Crippen LogP) is 2.98. The molecule has 0 saturated heterocycles. The van der Waals surface area contributed by atoms with Gasteiger partial charge in [-0.2, -0.15) is 0 Å². The Hall–Kier alpha value is -1.46. The normalized spacial score (nSPS) is 11.8. The molecule has 1 aromatic rings. The van der Waals surface area contributed by atoms with Crippen LogP contribution in [0.4, 0.5) is 0 Å². The number of rotatable bonds is 7. The number of hydrogen-bond acceptors (Lipinski definition) is 2. The van der Waals surface area contributed by atoms with E-state index < -0.39 is 0 Å². The van der Waals surface area contributed by atoms with Crippen LogP contribution in [0.3, 0.4) is 0 Å². The molecule has 2 nitrogen and oxygen atoms in total. The lowest BCUT2D eigenvalue weighted by atomic mass is 10.2. The molecule has 1 atom stereocenters. The Morgan fingerprint density at radius 2 is 2.24 bits per heavy atom. The highest BCUT2D eigenvalue weighted by molar-refractivity contribution is 5.28. The van der Waals surface area contributed by atoms with Gasteiger partial charge in [-0.1, -0.05) is 31.9 Å². The minimum Gasteiger partial charge on any atom is -0.494 e. The Balaban J connectivity index is 2.51. The highest BCUT2D eigenvalue weighted by Crippen LogP contribution is 2.13. The Morgan fingerprint density at radius 1 is 1.41 bits per heavy atom. The molecule has 0 amide bonds.